The largest absolute Gasteiger partial charge is 0.370 e. The zero-order valence-electron chi connectivity index (χ0n) is 10.2. The molecule has 0 aliphatic heterocycles. The SMILES string of the molecule is CC(C)NC(N)=NC1C(C)(C)C1(C)C. The number of aliphatic imine (C=N–C) groups is 1. The molecule has 1 saturated carbocycles. The van der Waals surface area contributed by atoms with Crippen molar-refractivity contribution in [3.8, 4) is 0 Å². The van der Waals surface area contributed by atoms with E-state index in [0.717, 1.165) is 0 Å². The number of hydrogen-bond acceptors (Lipinski definition) is 1. The zero-order chi connectivity index (χ0) is 11.1. The van der Waals surface area contributed by atoms with Gasteiger partial charge in [-0.2, -0.15) is 0 Å². The lowest BCUT2D eigenvalue weighted by Crippen LogP contribution is -2.37. The maximum absolute atomic E-state index is 5.80. The second-order valence-electron chi connectivity index (χ2n) is 5.66. The van der Waals surface area contributed by atoms with Crippen LogP contribution < -0.4 is 11.1 Å². The van der Waals surface area contributed by atoms with Crippen molar-refractivity contribution in [1.82, 2.24) is 5.32 Å². The molecule has 0 radical (unpaired) electrons. The van der Waals surface area contributed by atoms with E-state index in [1.807, 2.05) is 0 Å². The van der Waals surface area contributed by atoms with Gasteiger partial charge in [-0.3, -0.25) is 0 Å². The first-order valence-electron chi connectivity index (χ1n) is 5.29. The van der Waals surface area contributed by atoms with Gasteiger partial charge in [0, 0.05) is 6.04 Å². The van der Waals surface area contributed by atoms with Crippen LogP contribution in [0.4, 0.5) is 0 Å². The molecule has 0 unspecified atom stereocenters. The molecular weight excluding hydrogens is 174 g/mol. The predicted octanol–water partition coefficient (Wildman–Crippen LogP) is 1.73. The van der Waals surface area contributed by atoms with Gasteiger partial charge in [-0.1, -0.05) is 27.7 Å². The van der Waals surface area contributed by atoms with E-state index < -0.39 is 0 Å². The smallest absolute Gasteiger partial charge is 0.189 e. The van der Waals surface area contributed by atoms with Crippen LogP contribution in [0.5, 0.6) is 0 Å². The highest BCUT2D eigenvalue weighted by Gasteiger charge is 2.65. The summed E-state index contributed by atoms with van der Waals surface area (Å²) in [6.07, 6.45) is 0. The molecule has 1 aliphatic carbocycles. The standard InChI is InChI=1S/C11H23N3/c1-7(2)13-9(12)14-8-10(3,4)11(8,5)6/h7-8H,1-6H3,(H3,12,13,14). The number of nitrogens with zero attached hydrogens (tertiary/aromatic N) is 1. The average Bonchev–Trinajstić information content (AvgIpc) is 2.30. The summed E-state index contributed by atoms with van der Waals surface area (Å²) in [7, 11) is 0. The Hall–Kier alpha value is -0.730. The summed E-state index contributed by atoms with van der Waals surface area (Å²) in [5.74, 6) is 0.573. The summed E-state index contributed by atoms with van der Waals surface area (Å²) in [6, 6.07) is 0.699. The van der Waals surface area contributed by atoms with Crippen LogP contribution in [0.25, 0.3) is 0 Å². The number of guanidine groups is 1. The molecule has 3 nitrogen and oxygen atoms in total. The van der Waals surface area contributed by atoms with Gasteiger partial charge in [0.1, 0.15) is 0 Å². The summed E-state index contributed by atoms with van der Waals surface area (Å²) in [6.45, 7) is 13.1. The van der Waals surface area contributed by atoms with Gasteiger partial charge < -0.3 is 11.1 Å². The fourth-order valence-corrected chi connectivity index (χ4v) is 1.96. The Morgan fingerprint density at radius 3 is 1.93 bits per heavy atom. The van der Waals surface area contributed by atoms with Crippen LogP contribution in [0.2, 0.25) is 0 Å². The quantitative estimate of drug-likeness (QED) is 0.523. The van der Waals surface area contributed by atoms with E-state index >= 15 is 0 Å². The van der Waals surface area contributed by atoms with Crippen molar-refractivity contribution in [2.45, 2.75) is 53.6 Å². The second-order valence-corrected chi connectivity index (χ2v) is 5.66. The normalized spacial score (nSPS) is 25.2. The molecular formula is C11H23N3. The van der Waals surface area contributed by atoms with E-state index in [2.05, 4.69) is 51.9 Å². The molecule has 0 atom stereocenters. The van der Waals surface area contributed by atoms with E-state index in [9.17, 15) is 0 Å². The van der Waals surface area contributed by atoms with Crippen LogP contribution in [0, 0.1) is 10.8 Å². The molecule has 82 valence electrons. The molecule has 1 rings (SSSR count). The Bertz CT molecular complexity index is 237. The van der Waals surface area contributed by atoms with Crippen molar-refractivity contribution in [1.29, 1.82) is 0 Å². The first kappa shape index (κ1) is 11.3. The second kappa shape index (κ2) is 3.14. The zero-order valence-corrected chi connectivity index (χ0v) is 10.2. The van der Waals surface area contributed by atoms with Gasteiger partial charge in [-0.15, -0.1) is 0 Å². The molecule has 14 heavy (non-hydrogen) atoms. The number of rotatable bonds is 2. The molecule has 1 fully saturated rings. The van der Waals surface area contributed by atoms with Crippen molar-refractivity contribution >= 4 is 5.96 Å². The van der Waals surface area contributed by atoms with Gasteiger partial charge in [0.2, 0.25) is 0 Å². The van der Waals surface area contributed by atoms with Gasteiger partial charge >= 0.3 is 0 Å². The maximum atomic E-state index is 5.80. The maximum Gasteiger partial charge on any atom is 0.189 e. The lowest BCUT2D eigenvalue weighted by Gasteiger charge is -2.08. The fourth-order valence-electron chi connectivity index (χ4n) is 1.96. The molecule has 0 spiro atoms. The van der Waals surface area contributed by atoms with Gasteiger partial charge in [0.15, 0.2) is 5.96 Å². The van der Waals surface area contributed by atoms with E-state index in [1.54, 1.807) is 0 Å². The first-order chi connectivity index (χ1) is 6.19. The first-order valence-corrected chi connectivity index (χ1v) is 5.29. The summed E-state index contributed by atoms with van der Waals surface area (Å²) in [4.78, 5) is 4.52. The third-order valence-electron chi connectivity index (χ3n) is 3.65. The Morgan fingerprint density at radius 2 is 1.64 bits per heavy atom. The Kier molecular flexibility index (Phi) is 2.55. The lowest BCUT2D eigenvalue weighted by molar-refractivity contribution is 0.457. The Labute approximate surface area is 87.2 Å². The molecule has 3 heteroatoms. The van der Waals surface area contributed by atoms with E-state index in [-0.39, 0.29) is 10.8 Å². The number of nitrogens with two attached hydrogens (primary N) is 1. The average molecular weight is 197 g/mol. The van der Waals surface area contributed by atoms with E-state index in [4.69, 9.17) is 5.73 Å². The monoisotopic (exact) mass is 197 g/mol. The van der Waals surface area contributed by atoms with Gasteiger partial charge in [-0.05, 0) is 24.7 Å². The minimum Gasteiger partial charge on any atom is -0.370 e. The molecule has 3 N–H and O–H groups in total. The van der Waals surface area contributed by atoms with Crippen LogP contribution >= 0.6 is 0 Å². The topological polar surface area (TPSA) is 50.4 Å². The highest BCUT2D eigenvalue weighted by molar-refractivity contribution is 5.78. The molecule has 0 saturated heterocycles. The summed E-state index contributed by atoms with van der Waals surface area (Å²) in [5, 5.41) is 3.12. The fraction of sp³-hybridized carbons (Fsp3) is 0.909. The van der Waals surface area contributed by atoms with Gasteiger partial charge in [0.05, 0.1) is 6.04 Å². The highest BCUT2D eigenvalue weighted by Crippen LogP contribution is 2.64. The molecule has 0 bridgehead atoms. The van der Waals surface area contributed by atoms with Crippen LogP contribution in [0.15, 0.2) is 4.99 Å². The van der Waals surface area contributed by atoms with Crippen molar-refractivity contribution in [2.24, 2.45) is 21.6 Å². The number of hydrogen-bond donors (Lipinski definition) is 2. The van der Waals surface area contributed by atoms with Crippen molar-refractivity contribution in [3.63, 3.8) is 0 Å². The third-order valence-corrected chi connectivity index (χ3v) is 3.65. The van der Waals surface area contributed by atoms with Crippen LogP contribution in [0.3, 0.4) is 0 Å². The molecule has 1 aliphatic rings. The number of nitrogens with one attached hydrogen (secondary N) is 1. The van der Waals surface area contributed by atoms with Gasteiger partial charge in [-0.25, -0.2) is 4.99 Å². The van der Waals surface area contributed by atoms with Crippen LogP contribution in [-0.2, 0) is 0 Å². The Morgan fingerprint density at radius 1 is 1.21 bits per heavy atom. The van der Waals surface area contributed by atoms with E-state index in [0.29, 0.717) is 18.0 Å². The van der Waals surface area contributed by atoms with Crippen LogP contribution in [-0.4, -0.2) is 18.0 Å². The summed E-state index contributed by atoms with van der Waals surface area (Å²) < 4.78 is 0. The van der Waals surface area contributed by atoms with Crippen molar-refractivity contribution < 1.29 is 0 Å². The van der Waals surface area contributed by atoms with Crippen molar-refractivity contribution in [3.05, 3.63) is 0 Å². The van der Waals surface area contributed by atoms with E-state index in [1.165, 1.54) is 0 Å². The minimum absolute atomic E-state index is 0.274. The summed E-state index contributed by atoms with van der Waals surface area (Å²) >= 11 is 0. The molecule has 0 heterocycles. The highest BCUT2D eigenvalue weighted by atomic mass is 15.1. The molecule has 0 amide bonds. The molecule has 0 aromatic heterocycles. The van der Waals surface area contributed by atoms with Gasteiger partial charge in [0.25, 0.3) is 0 Å². The predicted molar refractivity (Wildman–Crippen MR) is 61.2 cm³/mol. The molecule has 0 aromatic carbocycles. The minimum atomic E-state index is 0.274. The third kappa shape index (κ3) is 1.72. The lowest BCUT2D eigenvalue weighted by atomic mass is 10.0. The Balaban J connectivity index is 2.63. The van der Waals surface area contributed by atoms with Crippen LogP contribution in [0.1, 0.15) is 41.5 Å². The van der Waals surface area contributed by atoms with Crippen molar-refractivity contribution in [2.75, 3.05) is 0 Å². The molecule has 0 aromatic rings. The summed E-state index contributed by atoms with van der Waals surface area (Å²) in [5.41, 5.74) is 6.34.